The predicted octanol–water partition coefficient (Wildman–Crippen LogP) is 1.38. The van der Waals surface area contributed by atoms with Crippen LogP contribution in [0.15, 0.2) is 4.52 Å². The highest BCUT2D eigenvalue weighted by atomic mass is 19.3. The Morgan fingerprint density at radius 1 is 1.41 bits per heavy atom. The molecule has 1 rings (SSSR count). The summed E-state index contributed by atoms with van der Waals surface area (Å²) in [7, 11) is 0. The van der Waals surface area contributed by atoms with Gasteiger partial charge in [-0.2, -0.15) is 4.98 Å². The molecule has 0 fully saturated rings. The lowest BCUT2D eigenvalue weighted by Gasteiger charge is -2.07. The minimum Gasteiger partial charge on any atom is -0.393 e. The van der Waals surface area contributed by atoms with Gasteiger partial charge in [0.2, 0.25) is 5.89 Å². The fraction of sp³-hybridized carbons (Fsp3) is 0.800. The molecule has 0 aliphatic rings. The molecule has 7 heteroatoms. The highest BCUT2D eigenvalue weighted by Crippen LogP contribution is 2.16. The van der Waals surface area contributed by atoms with Crippen molar-refractivity contribution in [1.82, 2.24) is 10.1 Å². The second-order valence-corrected chi connectivity index (χ2v) is 3.79. The van der Waals surface area contributed by atoms with Crippen LogP contribution in [-0.4, -0.2) is 41.0 Å². The van der Waals surface area contributed by atoms with Crippen LogP contribution in [-0.2, 0) is 11.2 Å². The van der Waals surface area contributed by atoms with Gasteiger partial charge in [-0.1, -0.05) is 12.1 Å². The zero-order chi connectivity index (χ0) is 12.8. The van der Waals surface area contributed by atoms with Crippen LogP contribution in [0.1, 0.15) is 31.5 Å². The smallest absolute Gasteiger partial charge is 0.261 e. The minimum atomic E-state index is -2.47. The van der Waals surface area contributed by atoms with E-state index in [1.165, 1.54) is 0 Å². The first-order valence-electron chi connectivity index (χ1n) is 5.37. The summed E-state index contributed by atoms with van der Waals surface area (Å²) in [6.07, 6.45) is -2.74. The van der Waals surface area contributed by atoms with E-state index in [0.717, 1.165) is 0 Å². The predicted molar refractivity (Wildman–Crippen MR) is 54.9 cm³/mol. The van der Waals surface area contributed by atoms with Crippen LogP contribution in [0.2, 0.25) is 0 Å². The first-order chi connectivity index (χ1) is 8.00. The number of rotatable bonds is 7. The maximum Gasteiger partial charge on any atom is 0.261 e. The summed E-state index contributed by atoms with van der Waals surface area (Å²) in [5.41, 5.74) is 0. The molecule has 1 N–H and O–H groups in total. The van der Waals surface area contributed by atoms with E-state index in [-0.39, 0.29) is 12.5 Å². The molecule has 98 valence electrons. The Morgan fingerprint density at radius 2 is 2.12 bits per heavy atom. The second kappa shape index (κ2) is 6.61. The molecule has 0 radical (unpaired) electrons. The van der Waals surface area contributed by atoms with Gasteiger partial charge in [-0.15, -0.1) is 0 Å². The van der Waals surface area contributed by atoms with E-state index in [4.69, 9.17) is 9.26 Å². The number of alkyl halides is 2. The maximum atomic E-state index is 11.8. The third kappa shape index (κ3) is 4.74. The number of hydrogen-bond acceptors (Lipinski definition) is 5. The summed E-state index contributed by atoms with van der Waals surface area (Å²) in [4.78, 5) is 4.04. The lowest BCUT2D eigenvalue weighted by atomic mass is 10.1. The zero-order valence-corrected chi connectivity index (χ0v) is 9.77. The van der Waals surface area contributed by atoms with E-state index in [2.05, 4.69) is 10.1 Å². The van der Waals surface area contributed by atoms with Crippen LogP contribution < -0.4 is 0 Å². The molecule has 0 aromatic carbocycles. The normalized spacial score (nSPS) is 15.2. The molecule has 1 aromatic rings. The van der Waals surface area contributed by atoms with Crippen molar-refractivity contribution in [3.05, 3.63) is 11.7 Å². The topological polar surface area (TPSA) is 68.4 Å². The lowest BCUT2D eigenvalue weighted by molar-refractivity contribution is 0.0182. The molecule has 0 aliphatic carbocycles. The average molecular weight is 250 g/mol. The van der Waals surface area contributed by atoms with Gasteiger partial charge in [-0.3, -0.25) is 0 Å². The van der Waals surface area contributed by atoms with Gasteiger partial charge in [-0.25, -0.2) is 8.78 Å². The van der Waals surface area contributed by atoms with Crippen molar-refractivity contribution in [1.29, 1.82) is 0 Å². The summed E-state index contributed by atoms with van der Waals surface area (Å²) in [5, 5.41) is 13.0. The first-order valence-corrected chi connectivity index (χ1v) is 5.37. The molecule has 1 aromatic heterocycles. The molecule has 2 unspecified atom stereocenters. The Labute approximate surface area is 97.8 Å². The third-order valence-electron chi connectivity index (χ3n) is 2.31. The molecule has 0 spiro atoms. The number of nitrogens with zero attached hydrogens (tertiary/aromatic N) is 2. The molecule has 1 heterocycles. The molecule has 5 nitrogen and oxygen atoms in total. The van der Waals surface area contributed by atoms with Crippen molar-refractivity contribution >= 4 is 0 Å². The molecular formula is C10H16F2N2O3. The summed E-state index contributed by atoms with van der Waals surface area (Å²) >= 11 is 0. The number of aliphatic hydroxyl groups excluding tert-OH is 1. The van der Waals surface area contributed by atoms with E-state index in [9.17, 15) is 13.9 Å². The van der Waals surface area contributed by atoms with Crippen LogP contribution in [0.3, 0.4) is 0 Å². The molecule has 0 saturated heterocycles. The molecule has 0 saturated carbocycles. The molecule has 0 aliphatic heterocycles. The number of aliphatic hydroxyl groups is 1. The van der Waals surface area contributed by atoms with Crippen LogP contribution >= 0.6 is 0 Å². The Morgan fingerprint density at radius 3 is 2.71 bits per heavy atom. The Balaban J connectivity index is 2.36. The molecule has 0 bridgehead atoms. The number of ether oxygens (including phenoxy) is 1. The van der Waals surface area contributed by atoms with Gasteiger partial charge < -0.3 is 14.4 Å². The highest BCUT2D eigenvalue weighted by molar-refractivity contribution is 4.94. The van der Waals surface area contributed by atoms with Crippen LogP contribution in [0.5, 0.6) is 0 Å². The molecule has 0 amide bonds. The Bertz CT molecular complexity index is 331. The van der Waals surface area contributed by atoms with Crippen molar-refractivity contribution in [2.24, 2.45) is 0 Å². The monoisotopic (exact) mass is 250 g/mol. The van der Waals surface area contributed by atoms with Gasteiger partial charge in [0.05, 0.1) is 18.6 Å². The molecular weight excluding hydrogens is 234 g/mol. The van der Waals surface area contributed by atoms with Crippen LogP contribution in [0.4, 0.5) is 8.78 Å². The molecule has 2 atom stereocenters. The fourth-order valence-electron chi connectivity index (χ4n) is 1.10. The van der Waals surface area contributed by atoms with Crippen LogP contribution in [0, 0.1) is 0 Å². The molecule has 17 heavy (non-hydrogen) atoms. The summed E-state index contributed by atoms with van der Waals surface area (Å²) in [6, 6.07) is 0. The summed E-state index contributed by atoms with van der Waals surface area (Å²) in [5.74, 6) is 0.476. The van der Waals surface area contributed by atoms with Gasteiger partial charge in [0.15, 0.2) is 5.82 Å². The average Bonchev–Trinajstić information content (AvgIpc) is 2.71. The number of hydrogen-bond donors (Lipinski definition) is 1. The number of aromatic nitrogens is 2. The first kappa shape index (κ1) is 14.0. The van der Waals surface area contributed by atoms with Crippen molar-refractivity contribution in [3.63, 3.8) is 0 Å². The maximum absolute atomic E-state index is 11.8. The van der Waals surface area contributed by atoms with Crippen LogP contribution in [0.25, 0.3) is 0 Å². The Kier molecular flexibility index (Phi) is 5.43. The summed E-state index contributed by atoms with van der Waals surface area (Å²) < 4.78 is 33.1. The van der Waals surface area contributed by atoms with Gasteiger partial charge in [0, 0.05) is 6.42 Å². The quantitative estimate of drug-likeness (QED) is 0.740. The zero-order valence-electron chi connectivity index (χ0n) is 9.77. The van der Waals surface area contributed by atoms with E-state index < -0.39 is 19.1 Å². The van der Waals surface area contributed by atoms with Gasteiger partial charge in [-0.05, 0) is 6.92 Å². The van der Waals surface area contributed by atoms with E-state index in [1.54, 1.807) is 13.8 Å². The van der Waals surface area contributed by atoms with Gasteiger partial charge in [0.25, 0.3) is 6.43 Å². The van der Waals surface area contributed by atoms with E-state index in [1.807, 2.05) is 0 Å². The van der Waals surface area contributed by atoms with Gasteiger partial charge in [0.1, 0.15) is 6.61 Å². The second-order valence-electron chi connectivity index (χ2n) is 3.79. The van der Waals surface area contributed by atoms with Crippen molar-refractivity contribution in [2.45, 2.75) is 38.7 Å². The third-order valence-corrected chi connectivity index (χ3v) is 2.31. The van der Waals surface area contributed by atoms with Gasteiger partial charge >= 0.3 is 0 Å². The fourth-order valence-corrected chi connectivity index (χ4v) is 1.10. The van der Waals surface area contributed by atoms with Crippen molar-refractivity contribution < 1.29 is 23.1 Å². The largest absolute Gasteiger partial charge is 0.393 e. The van der Waals surface area contributed by atoms with E-state index in [0.29, 0.717) is 18.1 Å². The lowest BCUT2D eigenvalue weighted by Crippen LogP contribution is -2.11. The minimum absolute atomic E-state index is 0.117. The van der Waals surface area contributed by atoms with E-state index >= 15 is 0 Å². The standard InChI is InChI=1S/C10H16F2N2O3/c1-6(7(2)15)10-13-9(14-17-10)3-4-16-5-8(11)12/h6-8,15H,3-5H2,1-2H3. The van der Waals surface area contributed by atoms with Crippen molar-refractivity contribution in [2.75, 3.05) is 13.2 Å². The summed E-state index contributed by atoms with van der Waals surface area (Å²) in [6.45, 7) is 2.91. The van der Waals surface area contributed by atoms with Crippen molar-refractivity contribution in [3.8, 4) is 0 Å². The SMILES string of the molecule is CC(O)C(C)c1nc(CCOCC(F)F)no1. The highest BCUT2D eigenvalue weighted by Gasteiger charge is 2.18. The Hall–Kier alpha value is -1.08. The number of halogens is 2.